The van der Waals surface area contributed by atoms with Gasteiger partial charge in [0.1, 0.15) is 0 Å². The van der Waals surface area contributed by atoms with Crippen LogP contribution in [-0.2, 0) is 6.42 Å². The first kappa shape index (κ1) is 17.1. The molecule has 2 rings (SSSR count). The van der Waals surface area contributed by atoms with Gasteiger partial charge in [-0.3, -0.25) is 0 Å². The van der Waals surface area contributed by atoms with Crippen molar-refractivity contribution in [2.24, 2.45) is 11.3 Å². The summed E-state index contributed by atoms with van der Waals surface area (Å²) in [5.74, 6) is 0.744. The van der Waals surface area contributed by atoms with E-state index in [1.54, 1.807) is 0 Å². The third-order valence-electron chi connectivity index (χ3n) is 4.89. The van der Waals surface area contributed by atoms with Gasteiger partial charge in [0.25, 0.3) is 0 Å². The predicted molar refractivity (Wildman–Crippen MR) is 93.4 cm³/mol. The molecule has 1 unspecified atom stereocenters. The zero-order valence-corrected chi connectivity index (χ0v) is 14.9. The van der Waals surface area contributed by atoms with E-state index < -0.39 is 0 Å². The summed E-state index contributed by atoms with van der Waals surface area (Å²) >= 11 is 12.5. The van der Waals surface area contributed by atoms with Gasteiger partial charge in [-0.05, 0) is 61.6 Å². The van der Waals surface area contributed by atoms with Crippen molar-refractivity contribution in [3.63, 3.8) is 0 Å². The molecule has 0 radical (unpaired) electrons. The molecule has 118 valence electrons. The third-order valence-corrected chi connectivity index (χ3v) is 5.75. The van der Waals surface area contributed by atoms with Gasteiger partial charge in [0.15, 0.2) is 0 Å². The van der Waals surface area contributed by atoms with E-state index in [2.05, 4.69) is 32.2 Å². The van der Waals surface area contributed by atoms with E-state index in [4.69, 9.17) is 23.2 Å². The second-order valence-electron chi connectivity index (χ2n) is 7.08. The van der Waals surface area contributed by atoms with Gasteiger partial charge in [-0.25, -0.2) is 0 Å². The molecular formula is C18H27Cl2N. The smallest absolute Gasteiger partial charge is 0.0624 e. The molecule has 0 heterocycles. The summed E-state index contributed by atoms with van der Waals surface area (Å²) in [5, 5.41) is 5.05. The minimum absolute atomic E-state index is 0.502. The van der Waals surface area contributed by atoms with E-state index >= 15 is 0 Å². The fourth-order valence-corrected chi connectivity index (χ4v) is 3.83. The van der Waals surface area contributed by atoms with Crippen LogP contribution in [0, 0.1) is 11.3 Å². The number of nitrogens with one attached hydrogen (secondary N) is 1. The second kappa shape index (κ2) is 7.35. The van der Waals surface area contributed by atoms with Crippen LogP contribution in [0.25, 0.3) is 0 Å². The zero-order valence-electron chi connectivity index (χ0n) is 13.4. The van der Waals surface area contributed by atoms with Crippen molar-refractivity contribution in [1.29, 1.82) is 0 Å². The summed E-state index contributed by atoms with van der Waals surface area (Å²) < 4.78 is 0. The minimum Gasteiger partial charge on any atom is -0.314 e. The second-order valence-corrected chi connectivity index (χ2v) is 7.87. The van der Waals surface area contributed by atoms with Crippen LogP contribution >= 0.6 is 23.2 Å². The highest BCUT2D eigenvalue weighted by atomic mass is 35.5. The summed E-state index contributed by atoms with van der Waals surface area (Å²) in [7, 11) is 0. The molecule has 1 N–H and O–H groups in total. The maximum Gasteiger partial charge on any atom is 0.0624 e. The van der Waals surface area contributed by atoms with E-state index in [0.717, 1.165) is 23.9 Å². The maximum absolute atomic E-state index is 6.36. The van der Waals surface area contributed by atoms with Crippen LogP contribution in [0.15, 0.2) is 18.2 Å². The van der Waals surface area contributed by atoms with Gasteiger partial charge < -0.3 is 5.32 Å². The van der Waals surface area contributed by atoms with Crippen LogP contribution in [0.4, 0.5) is 0 Å². The molecule has 0 aliphatic heterocycles. The Morgan fingerprint density at radius 1 is 1.24 bits per heavy atom. The summed E-state index contributed by atoms with van der Waals surface area (Å²) in [6.45, 7) is 7.96. The highest BCUT2D eigenvalue weighted by molar-refractivity contribution is 6.42. The van der Waals surface area contributed by atoms with Gasteiger partial charge in [-0.2, -0.15) is 0 Å². The minimum atomic E-state index is 0.502. The fourth-order valence-electron chi connectivity index (χ4n) is 3.43. The van der Waals surface area contributed by atoms with Crippen LogP contribution in [0.1, 0.15) is 52.0 Å². The average Bonchev–Trinajstić information content (AvgIpc) is 2.43. The van der Waals surface area contributed by atoms with Gasteiger partial charge in [0, 0.05) is 6.04 Å². The Hall–Kier alpha value is -0.240. The Bertz CT molecular complexity index is 460. The molecule has 1 atom stereocenters. The number of hydrogen-bond acceptors (Lipinski definition) is 1. The average molecular weight is 328 g/mol. The molecule has 0 aromatic heterocycles. The van der Waals surface area contributed by atoms with Crippen molar-refractivity contribution >= 4 is 23.2 Å². The Balaban J connectivity index is 2.07. The lowest BCUT2D eigenvalue weighted by molar-refractivity contribution is 0.161. The summed E-state index contributed by atoms with van der Waals surface area (Å²) in [4.78, 5) is 0. The molecule has 1 aromatic carbocycles. The van der Waals surface area contributed by atoms with Crippen molar-refractivity contribution < 1.29 is 0 Å². The normalized spacial score (nSPS) is 20.4. The first-order chi connectivity index (χ1) is 9.93. The molecule has 0 amide bonds. The van der Waals surface area contributed by atoms with Crippen LogP contribution in [-0.4, -0.2) is 12.6 Å². The predicted octanol–water partition coefficient (Wildman–Crippen LogP) is 5.73. The SMILES string of the molecule is CCNC(Cc1cccc(Cl)c1Cl)C1CCC(C)(C)CC1. The van der Waals surface area contributed by atoms with E-state index in [1.165, 1.54) is 31.2 Å². The molecule has 0 spiro atoms. The first-order valence-corrected chi connectivity index (χ1v) is 8.85. The van der Waals surface area contributed by atoms with Crippen LogP contribution in [0.5, 0.6) is 0 Å². The molecule has 0 saturated heterocycles. The van der Waals surface area contributed by atoms with Crippen molar-refractivity contribution in [1.82, 2.24) is 5.32 Å². The summed E-state index contributed by atoms with van der Waals surface area (Å²) in [6, 6.07) is 6.46. The lowest BCUT2D eigenvalue weighted by Gasteiger charge is -2.38. The fraction of sp³-hybridized carbons (Fsp3) is 0.667. The molecule has 1 saturated carbocycles. The summed E-state index contributed by atoms with van der Waals surface area (Å²) in [5.41, 5.74) is 1.68. The van der Waals surface area contributed by atoms with Gasteiger partial charge in [-0.1, -0.05) is 56.1 Å². The van der Waals surface area contributed by atoms with Gasteiger partial charge >= 0.3 is 0 Å². The molecule has 1 aliphatic rings. The Labute approximate surface area is 139 Å². The Morgan fingerprint density at radius 2 is 1.90 bits per heavy atom. The van der Waals surface area contributed by atoms with E-state index in [0.29, 0.717) is 16.5 Å². The Morgan fingerprint density at radius 3 is 2.52 bits per heavy atom. The molecule has 1 aliphatic carbocycles. The van der Waals surface area contributed by atoms with E-state index in [-0.39, 0.29) is 0 Å². The number of hydrogen-bond donors (Lipinski definition) is 1. The maximum atomic E-state index is 6.36. The molecule has 1 aromatic rings. The van der Waals surface area contributed by atoms with Crippen molar-refractivity contribution in [2.45, 2.75) is 58.9 Å². The molecule has 21 heavy (non-hydrogen) atoms. The van der Waals surface area contributed by atoms with Gasteiger partial charge in [0.05, 0.1) is 10.0 Å². The largest absolute Gasteiger partial charge is 0.314 e. The van der Waals surface area contributed by atoms with Gasteiger partial charge in [-0.15, -0.1) is 0 Å². The lowest BCUT2D eigenvalue weighted by atomic mass is 9.70. The van der Waals surface area contributed by atoms with Crippen LogP contribution in [0.2, 0.25) is 10.0 Å². The number of likely N-dealkylation sites (N-methyl/N-ethyl adjacent to an activating group) is 1. The monoisotopic (exact) mass is 327 g/mol. The Kier molecular flexibility index (Phi) is 5.99. The van der Waals surface area contributed by atoms with E-state index in [9.17, 15) is 0 Å². The lowest BCUT2D eigenvalue weighted by Crippen LogP contribution is -2.40. The van der Waals surface area contributed by atoms with Crippen molar-refractivity contribution in [3.05, 3.63) is 33.8 Å². The quantitative estimate of drug-likeness (QED) is 0.728. The molecular weight excluding hydrogens is 301 g/mol. The molecule has 1 nitrogen and oxygen atoms in total. The topological polar surface area (TPSA) is 12.0 Å². The standard InChI is InChI=1S/C18H27Cl2N/c1-4-21-16(13-8-10-18(2,3)11-9-13)12-14-6-5-7-15(19)17(14)20/h5-7,13,16,21H,4,8-12H2,1-3H3. The number of benzene rings is 1. The molecule has 0 bridgehead atoms. The first-order valence-electron chi connectivity index (χ1n) is 8.09. The highest BCUT2D eigenvalue weighted by Gasteiger charge is 2.31. The third kappa shape index (κ3) is 4.61. The zero-order chi connectivity index (χ0) is 15.5. The molecule has 3 heteroatoms. The highest BCUT2D eigenvalue weighted by Crippen LogP contribution is 2.40. The van der Waals surface area contributed by atoms with Gasteiger partial charge in [0.2, 0.25) is 0 Å². The van der Waals surface area contributed by atoms with Crippen molar-refractivity contribution in [3.8, 4) is 0 Å². The van der Waals surface area contributed by atoms with Crippen molar-refractivity contribution in [2.75, 3.05) is 6.54 Å². The van der Waals surface area contributed by atoms with E-state index in [1.807, 2.05) is 12.1 Å². The molecule has 1 fully saturated rings. The summed E-state index contributed by atoms with van der Waals surface area (Å²) in [6.07, 6.45) is 6.23. The van der Waals surface area contributed by atoms with Crippen LogP contribution in [0.3, 0.4) is 0 Å². The van der Waals surface area contributed by atoms with Crippen LogP contribution < -0.4 is 5.32 Å². The number of halogens is 2. The number of rotatable bonds is 5.